The fourth-order valence-corrected chi connectivity index (χ4v) is 4.52. The van der Waals surface area contributed by atoms with Gasteiger partial charge in [0.25, 0.3) is 0 Å². The minimum atomic E-state index is 0.543. The molecule has 0 aliphatic rings. The van der Waals surface area contributed by atoms with Crippen molar-refractivity contribution < 1.29 is 18.9 Å². The molecule has 0 aliphatic carbocycles. The fraction of sp³-hybridized carbons (Fsp3) is 0.167. The molecular weight excluding hydrogens is 632 g/mol. The van der Waals surface area contributed by atoms with E-state index in [1.54, 1.807) is 14.2 Å². The van der Waals surface area contributed by atoms with Crippen molar-refractivity contribution in [3.05, 3.63) is 137 Å². The predicted octanol–water partition coefficient (Wildman–Crippen LogP) is 9.40. The van der Waals surface area contributed by atoms with Gasteiger partial charge in [0.15, 0.2) is 11.4 Å². The molecule has 0 saturated carbocycles. The van der Waals surface area contributed by atoms with Crippen molar-refractivity contribution in [1.82, 2.24) is 9.55 Å². The number of hydrogen-bond donors (Lipinski definition) is 1. The lowest BCUT2D eigenvalue weighted by atomic mass is 10.2. The second-order valence-corrected chi connectivity index (χ2v) is 10.4. The van der Waals surface area contributed by atoms with Crippen LogP contribution in [0.5, 0.6) is 11.5 Å². The van der Waals surface area contributed by atoms with Crippen LogP contribution in [0.25, 0.3) is 37.2 Å². The number of nitrogens with one attached hydrogen (secondary N) is 1. The SMILES string of the molecule is COCCOc1ccc(Br)cc1.[C-]#[N+]c1ccc2[nH]ccc2c1.[C-]#[N+]c1ccc2c(ccn2-c2ccc(OCCOC)cc2)c1. The van der Waals surface area contributed by atoms with Gasteiger partial charge < -0.3 is 28.5 Å². The molecule has 0 fully saturated rings. The average molecular weight is 666 g/mol. The van der Waals surface area contributed by atoms with Gasteiger partial charge in [-0.1, -0.05) is 28.1 Å². The van der Waals surface area contributed by atoms with E-state index >= 15 is 0 Å². The van der Waals surface area contributed by atoms with Gasteiger partial charge in [0, 0.05) is 42.3 Å². The maximum absolute atomic E-state index is 7.08. The van der Waals surface area contributed by atoms with Gasteiger partial charge in [-0.2, -0.15) is 0 Å². The number of aromatic nitrogens is 2. The average Bonchev–Trinajstić information content (AvgIpc) is 3.73. The van der Waals surface area contributed by atoms with Gasteiger partial charge in [0.05, 0.1) is 31.9 Å². The summed E-state index contributed by atoms with van der Waals surface area (Å²) in [7, 11) is 3.31. The molecule has 2 aromatic heterocycles. The molecule has 6 aromatic rings. The van der Waals surface area contributed by atoms with E-state index in [-0.39, 0.29) is 0 Å². The van der Waals surface area contributed by atoms with Gasteiger partial charge >= 0.3 is 0 Å². The van der Waals surface area contributed by atoms with E-state index in [1.807, 2.05) is 109 Å². The molecule has 0 atom stereocenters. The Bertz CT molecular complexity index is 1870. The Morgan fingerprint density at radius 1 is 0.667 bits per heavy atom. The number of H-pyrrole nitrogens is 1. The normalized spacial score (nSPS) is 10.2. The third-order valence-corrected chi connectivity index (χ3v) is 7.04. The standard InChI is InChI=1S/C18H16N2O2.C9H11BrO2.C9H6N2/c1-19-15-3-8-18-14(13-15)9-10-20(18)16-4-6-17(7-5-16)22-12-11-21-2;1-11-6-7-12-9-4-2-8(10)3-5-9;1-10-8-2-3-9-7(6-8)4-5-11-9/h3-10,13H,11-12H2,2H3;2-5H,6-7H2,1H3;2-6,11H. The van der Waals surface area contributed by atoms with Crippen LogP contribution < -0.4 is 9.47 Å². The van der Waals surface area contributed by atoms with Crippen LogP contribution in [0.2, 0.25) is 0 Å². The second-order valence-electron chi connectivity index (χ2n) is 9.53. The van der Waals surface area contributed by atoms with Crippen LogP contribution in [-0.4, -0.2) is 50.2 Å². The lowest BCUT2D eigenvalue weighted by Gasteiger charge is -2.08. The molecule has 0 bridgehead atoms. The minimum Gasteiger partial charge on any atom is -0.491 e. The molecule has 1 N–H and O–H groups in total. The molecule has 6 rings (SSSR count). The number of fused-ring (bicyclic) bond motifs is 2. The van der Waals surface area contributed by atoms with Crippen molar-refractivity contribution in [2.24, 2.45) is 0 Å². The highest BCUT2D eigenvalue weighted by molar-refractivity contribution is 9.10. The van der Waals surface area contributed by atoms with Crippen LogP contribution in [0.3, 0.4) is 0 Å². The van der Waals surface area contributed by atoms with Gasteiger partial charge in [-0.15, -0.1) is 0 Å². The third-order valence-electron chi connectivity index (χ3n) is 6.51. The molecule has 4 aromatic carbocycles. The van der Waals surface area contributed by atoms with Crippen LogP contribution in [0, 0.1) is 13.1 Å². The summed E-state index contributed by atoms with van der Waals surface area (Å²) in [6.45, 7) is 16.2. The van der Waals surface area contributed by atoms with E-state index in [0.29, 0.717) is 37.8 Å². The number of rotatable bonds is 9. The number of aromatic amines is 1. The zero-order valence-corrected chi connectivity index (χ0v) is 26.7. The molecule has 0 saturated heterocycles. The van der Waals surface area contributed by atoms with Crippen LogP contribution >= 0.6 is 15.9 Å². The summed E-state index contributed by atoms with van der Waals surface area (Å²) < 4.78 is 23.9. The first kappa shape index (κ1) is 32.8. The van der Waals surface area contributed by atoms with Gasteiger partial charge in [0.1, 0.15) is 24.7 Å². The Kier molecular flexibility index (Phi) is 12.6. The monoisotopic (exact) mass is 664 g/mol. The molecule has 8 nitrogen and oxygen atoms in total. The van der Waals surface area contributed by atoms with Crippen molar-refractivity contribution in [3.63, 3.8) is 0 Å². The van der Waals surface area contributed by atoms with Crippen LogP contribution in [0.15, 0.2) is 114 Å². The molecule has 0 aliphatic heterocycles. The first-order valence-corrected chi connectivity index (χ1v) is 14.9. The zero-order valence-electron chi connectivity index (χ0n) is 25.1. The smallest absolute Gasteiger partial charge is 0.187 e. The van der Waals surface area contributed by atoms with Crippen LogP contribution in [0.4, 0.5) is 11.4 Å². The van der Waals surface area contributed by atoms with Crippen molar-refractivity contribution in [2.75, 3.05) is 40.6 Å². The Morgan fingerprint density at radius 2 is 1.24 bits per heavy atom. The Labute approximate surface area is 271 Å². The maximum atomic E-state index is 7.08. The first-order valence-electron chi connectivity index (χ1n) is 14.1. The van der Waals surface area contributed by atoms with E-state index < -0.39 is 0 Å². The molecule has 2 heterocycles. The topological polar surface area (TPSA) is 66.4 Å². The van der Waals surface area contributed by atoms with Crippen molar-refractivity contribution in [2.45, 2.75) is 0 Å². The molecule has 0 unspecified atom stereocenters. The van der Waals surface area contributed by atoms with Gasteiger partial charge in [-0.25, -0.2) is 9.69 Å². The van der Waals surface area contributed by atoms with Crippen molar-refractivity contribution in [1.29, 1.82) is 0 Å². The van der Waals surface area contributed by atoms with Gasteiger partial charge in [0.2, 0.25) is 0 Å². The Balaban J connectivity index is 0.000000169. The van der Waals surface area contributed by atoms with E-state index in [0.717, 1.165) is 43.5 Å². The summed E-state index contributed by atoms with van der Waals surface area (Å²) in [6.07, 6.45) is 3.89. The molecule has 0 spiro atoms. The van der Waals surface area contributed by atoms with Crippen molar-refractivity contribution in [3.8, 4) is 17.2 Å². The molecule has 228 valence electrons. The molecule has 0 radical (unpaired) electrons. The van der Waals surface area contributed by atoms with Crippen LogP contribution in [0.1, 0.15) is 0 Å². The number of methoxy groups -OCH3 is 2. The molecule has 45 heavy (non-hydrogen) atoms. The second kappa shape index (κ2) is 17.3. The van der Waals surface area contributed by atoms with Gasteiger partial charge in [-0.3, -0.25) is 0 Å². The summed E-state index contributed by atoms with van der Waals surface area (Å²) in [5, 5.41) is 2.16. The quantitative estimate of drug-likeness (QED) is 0.124. The first-order chi connectivity index (χ1) is 22.0. The summed E-state index contributed by atoms with van der Waals surface area (Å²) in [5.74, 6) is 1.70. The van der Waals surface area contributed by atoms with E-state index in [2.05, 4.69) is 35.2 Å². The van der Waals surface area contributed by atoms with Gasteiger partial charge in [-0.05, 0) is 95.7 Å². The Morgan fingerprint density at radius 3 is 1.84 bits per heavy atom. The lowest BCUT2D eigenvalue weighted by molar-refractivity contribution is 0.146. The predicted molar refractivity (Wildman–Crippen MR) is 183 cm³/mol. The summed E-state index contributed by atoms with van der Waals surface area (Å²) in [5.41, 5.74) is 4.58. The minimum absolute atomic E-state index is 0.543. The highest BCUT2D eigenvalue weighted by atomic mass is 79.9. The maximum Gasteiger partial charge on any atom is 0.187 e. The molecular formula is C36H33BrN4O4. The Hall–Kier alpha value is -5.06. The molecule has 0 amide bonds. The summed E-state index contributed by atoms with van der Waals surface area (Å²) >= 11 is 3.35. The van der Waals surface area contributed by atoms with E-state index in [9.17, 15) is 0 Å². The number of benzene rings is 4. The van der Waals surface area contributed by atoms with E-state index in [1.165, 1.54) is 0 Å². The van der Waals surface area contributed by atoms with E-state index in [4.69, 9.17) is 32.1 Å². The lowest BCUT2D eigenvalue weighted by Crippen LogP contribution is -2.04. The summed E-state index contributed by atoms with van der Waals surface area (Å²) in [4.78, 5) is 9.87. The third kappa shape index (κ3) is 9.72. The zero-order chi connectivity index (χ0) is 31.9. The number of hydrogen-bond acceptors (Lipinski definition) is 4. The van der Waals surface area contributed by atoms with Crippen molar-refractivity contribution >= 4 is 49.1 Å². The largest absolute Gasteiger partial charge is 0.491 e. The summed E-state index contributed by atoms with van der Waals surface area (Å²) in [6, 6.07) is 31.0. The molecule has 9 heteroatoms. The number of nitrogens with zero attached hydrogens (tertiary/aromatic N) is 3. The highest BCUT2D eigenvalue weighted by Gasteiger charge is 2.05. The number of halogens is 1. The number of ether oxygens (including phenoxy) is 4. The van der Waals surface area contributed by atoms with Crippen LogP contribution in [-0.2, 0) is 9.47 Å². The highest BCUT2D eigenvalue weighted by Crippen LogP contribution is 2.26. The fourth-order valence-electron chi connectivity index (χ4n) is 4.25.